The molecule has 2 rings (SSSR count). The first-order valence-corrected chi connectivity index (χ1v) is 7.70. The van der Waals surface area contributed by atoms with Crippen LogP contribution >= 0.6 is 0 Å². The molecule has 0 aliphatic rings. The Kier molecular flexibility index (Phi) is 5.77. The summed E-state index contributed by atoms with van der Waals surface area (Å²) in [6, 6.07) is 5.72. The Bertz CT molecular complexity index is 624. The fourth-order valence-electron chi connectivity index (χ4n) is 2.39. The first kappa shape index (κ1) is 16.3. The van der Waals surface area contributed by atoms with Crippen LogP contribution in [0.1, 0.15) is 31.2 Å². The second-order valence-corrected chi connectivity index (χ2v) is 5.48. The van der Waals surface area contributed by atoms with Gasteiger partial charge >= 0.3 is 6.03 Å². The number of carbonyl (C=O) groups excluding carboxylic acids is 1. The highest BCUT2D eigenvalue weighted by Crippen LogP contribution is 2.08. The number of urea groups is 1. The number of fused-ring (bicyclic) bond motifs is 1. The number of amides is 2. The molecule has 2 aromatic rings. The van der Waals surface area contributed by atoms with Crippen LogP contribution in [0.3, 0.4) is 0 Å². The Morgan fingerprint density at radius 3 is 2.91 bits per heavy atom. The van der Waals surface area contributed by atoms with Gasteiger partial charge in [0.15, 0.2) is 0 Å². The van der Waals surface area contributed by atoms with E-state index in [0.29, 0.717) is 25.4 Å². The second kappa shape index (κ2) is 7.79. The maximum Gasteiger partial charge on any atom is 0.315 e. The summed E-state index contributed by atoms with van der Waals surface area (Å²) >= 11 is 0. The summed E-state index contributed by atoms with van der Waals surface area (Å²) in [4.78, 5) is 16.3. The first-order valence-electron chi connectivity index (χ1n) is 7.70. The van der Waals surface area contributed by atoms with Crippen molar-refractivity contribution in [2.24, 2.45) is 5.92 Å². The van der Waals surface area contributed by atoms with E-state index in [4.69, 9.17) is 5.11 Å². The number of aliphatic hydroxyl groups is 1. The molecule has 6 heteroatoms. The topological polar surface area (TPSA) is 78.7 Å². The van der Waals surface area contributed by atoms with Gasteiger partial charge in [0, 0.05) is 25.0 Å². The zero-order valence-corrected chi connectivity index (χ0v) is 13.2. The monoisotopic (exact) mass is 304 g/mol. The predicted octanol–water partition coefficient (Wildman–Crippen LogP) is 1.85. The quantitative estimate of drug-likeness (QED) is 0.730. The molecular weight excluding hydrogens is 280 g/mol. The molecule has 2 heterocycles. The van der Waals surface area contributed by atoms with Crippen molar-refractivity contribution in [3.63, 3.8) is 0 Å². The molecule has 22 heavy (non-hydrogen) atoms. The third kappa shape index (κ3) is 4.21. The second-order valence-electron chi connectivity index (χ2n) is 5.48. The lowest BCUT2D eigenvalue weighted by Crippen LogP contribution is -2.38. The van der Waals surface area contributed by atoms with Gasteiger partial charge in [0.25, 0.3) is 0 Å². The third-order valence-corrected chi connectivity index (χ3v) is 3.84. The zero-order valence-electron chi connectivity index (χ0n) is 13.2. The molecule has 0 radical (unpaired) electrons. The molecule has 0 aliphatic heterocycles. The SMILES string of the molecule is CCC(CCO)CNC(=O)NCc1cn2c(C)cccc2n1. The minimum absolute atomic E-state index is 0.155. The van der Waals surface area contributed by atoms with Crippen molar-refractivity contribution in [3.8, 4) is 0 Å². The fourth-order valence-corrected chi connectivity index (χ4v) is 2.39. The number of hydrogen-bond acceptors (Lipinski definition) is 3. The van der Waals surface area contributed by atoms with Gasteiger partial charge in [-0.15, -0.1) is 0 Å². The van der Waals surface area contributed by atoms with Crippen molar-refractivity contribution >= 4 is 11.7 Å². The van der Waals surface area contributed by atoms with Crippen molar-refractivity contribution < 1.29 is 9.90 Å². The van der Waals surface area contributed by atoms with Gasteiger partial charge in [0.05, 0.1) is 12.2 Å². The molecule has 1 unspecified atom stereocenters. The Balaban J connectivity index is 1.83. The van der Waals surface area contributed by atoms with Crippen LogP contribution in [0, 0.1) is 12.8 Å². The standard InChI is InChI=1S/C16H24N4O2/c1-3-13(7-8-21)9-17-16(22)18-10-14-11-20-12(2)5-4-6-15(20)19-14/h4-6,11,13,21H,3,7-10H2,1-2H3,(H2,17,18,22). The van der Waals surface area contributed by atoms with Gasteiger partial charge in [-0.3, -0.25) is 0 Å². The lowest BCUT2D eigenvalue weighted by molar-refractivity contribution is 0.230. The Labute approximate surface area is 130 Å². The number of nitrogens with one attached hydrogen (secondary N) is 2. The number of rotatable bonds is 7. The number of nitrogens with zero attached hydrogens (tertiary/aromatic N) is 2. The maximum absolute atomic E-state index is 11.8. The van der Waals surface area contributed by atoms with Crippen LogP contribution in [-0.4, -0.2) is 33.7 Å². The molecule has 3 N–H and O–H groups in total. The summed E-state index contributed by atoms with van der Waals surface area (Å²) in [7, 11) is 0. The predicted molar refractivity (Wildman–Crippen MR) is 85.7 cm³/mol. The van der Waals surface area contributed by atoms with E-state index in [1.165, 1.54) is 0 Å². The number of aromatic nitrogens is 2. The van der Waals surface area contributed by atoms with Crippen LogP contribution < -0.4 is 10.6 Å². The van der Waals surface area contributed by atoms with E-state index in [1.54, 1.807) is 0 Å². The van der Waals surface area contributed by atoms with Crippen molar-refractivity contribution in [1.29, 1.82) is 0 Å². The minimum atomic E-state index is -0.204. The largest absolute Gasteiger partial charge is 0.396 e. The lowest BCUT2D eigenvalue weighted by Gasteiger charge is -2.14. The lowest BCUT2D eigenvalue weighted by atomic mass is 10.0. The molecule has 0 aliphatic carbocycles. The fraction of sp³-hybridized carbons (Fsp3) is 0.500. The van der Waals surface area contributed by atoms with Gasteiger partial charge in [-0.05, 0) is 31.4 Å². The van der Waals surface area contributed by atoms with Crippen LogP contribution in [0.2, 0.25) is 0 Å². The molecule has 6 nitrogen and oxygen atoms in total. The van der Waals surface area contributed by atoms with Gasteiger partial charge in [-0.1, -0.05) is 19.4 Å². The summed E-state index contributed by atoms with van der Waals surface area (Å²) in [6.07, 6.45) is 3.58. The van der Waals surface area contributed by atoms with E-state index in [0.717, 1.165) is 23.5 Å². The summed E-state index contributed by atoms with van der Waals surface area (Å²) in [5.41, 5.74) is 2.81. The number of aryl methyl sites for hydroxylation is 1. The van der Waals surface area contributed by atoms with E-state index in [2.05, 4.69) is 22.5 Å². The summed E-state index contributed by atoms with van der Waals surface area (Å²) in [5.74, 6) is 0.314. The molecule has 0 saturated carbocycles. The van der Waals surface area contributed by atoms with Crippen LogP contribution in [0.4, 0.5) is 4.79 Å². The van der Waals surface area contributed by atoms with E-state index in [9.17, 15) is 4.79 Å². The number of imidazole rings is 1. The van der Waals surface area contributed by atoms with Crippen LogP contribution in [0.5, 0.6) is 0 Å². The Morgan fingerprint density at radius 2 is 2.23 bits per heavy atom. The van der Waals surface area contributed by atoms with E-state index < -0.39 is 0 Å². The first-order chi connectivity index (χ1) is 10.6. The van der Waals surface area contributed by atoms with E-state index in [-0.39, 0.29) is 12.6 Å². The average molecular weight is 304 g/mol. The zero-order chi connectivity index (χ0) is 15.9. The molecule has 0 aromatic carbocycles. The molecule has 120 valence electrons. The Morgan fingerprint density at radius 1 is 1.41 bits per heavy atom. The highest BCUT2D eigenvalue weighted by atomic mass is 16.3. The molecule has 0 bridgehead atoms. The smallest absolute Gasteiger partial charge is 0.315 e. The van der Waals surface area contributed by atoms with Crippen molar-refractivity contribution in [2.75, 3.05) is 13.2 Å². The molecule has 2 amide bonds. The van der Waals surface area contributed by atoms with Gasteiger partial charge in [0.1, 0.15) is 5.65 Å². The van der Waals surface area contributed by atoms with Crippen molar-refractivity contribution in [3.05, 3.63) is 35.8 Å². The van der Waals surface area contributed by atoms with Crippen LogP contribution in [0.25, 0.3) is 5.65 Å². The molecule has 1 atom stereocenters. The van der Waals surface area contributed by atoms with E-state index >= 15 is 0 Å². The molecule has 0 fully saturated rings. The molecule has 2 aromatic heterocycles. The van der Waals surface area contributed by atoms with Crippen LogP contribution in [-0.2, 0) is 6.54 Å². The maximum atomic E-state index is 11.8. The highest BCUT2D eigenvalue weighted by molar-refractivity contribution is 5.73. The number of pyridine rings is 1. The normalized spacial score (nSPS) is 12.3. The van der Waals surface area contributed by atoms with Crippen molar-refractivity contribution in [1.82, 2.24) is 20.0 Å². The Hall–Kier alpha value is -2.08. The summed E-state index contributed by atoms with van der Waals surface area (Å²) in [5, 5.41) is 14.6. The third-order valence-electron chi connectivity index (χ3n) is 3.84. The molecular formula is C16H24N4O2. The number of carbonyl (C=O) groups is 1. The molecule has 0 spiro atoms. The van der Waals surface area contributed by atoms with Crippen LogP contribution in [0.15, 0.2) is 24.4 Å². The van der Waals surface area contributed by atoms with Gasteiger partial charge < -0.3 is 20.1 Å². The van der Waals surface area contributed by atoms with Gasteiger partial charge in [0.2, 0.25) is 0 Å². The minimum Gasteiger partial charge on any atom is -0.396 e. The highest BCUT2D eigenvalue weighted by Gasteiger charge is 2.09. The van der Waals surface area contributed by atoms with Gasteiger partial charge in [-0.2, -0.15) is 0 Å². The number of hydrogen-bond donors (Lipinski definition) is 3. The summed E-state index contributed by atoms with van der Waals surface area (Å²) in [6.45, 7) is 5.20. The average Bonchev–Trinajstić information content (AvgIpc) is 2.94. The van der Waals surface area contributed by atoms with Crippen molar-refractivity contribution in [2.45, 2.75) is 33.2 Å². The van der Waals surface area contributed by atoms with E-state index in [1.807, 2.05) is 35.7 Å². The summed E-state index contributed by atoms with van der Waals surface area (Å²) < 4.78 is 2.00. The molecule has 0 saturated heterocycles. The van der Waals surface area contributed by atoms with Gasteiger partial charge in [-0.25, -0.2) is 9.78 Å². The number of aliphatic hydroxyl groups excluding tert-OH is 1.